The highest BCUT2D eigenvalue weighted by atomic mass is 35.7. The summed E-state index contributed by atoms with van der Waals surface area (Å²) in [5, 5.41) is 8.80. The van der Waals surface area contributed by atoms with E-state index >= 15 is 0 Å². The zero-order chi connectivity index (χ0) is 18.8. The van der Waals surface area contributed by atoms with Crippen LogP contribution in [0.25, 0.3) is 0 Å². The van der Waals surface area contributed by atoms with Gasteiger partial charge in [0, 0.05) is 6.61 Å². The van der Waals surface area contributed by atoms with Crippen molar-refractivity contribution in [2.24, 2.45) is 0 Å². The molecule has 0 bridgehead atoms. The van der Waals surface area contributed by atoms with Crippen LogP contribution in [0, 0.1) is 0 Å². The van der Waals surface area contributed by atoms with E-state index in [0.29, 0.717) is 6.61 Å². The summed E-state index contributed by atoms with van der Waals surface area (Å²) in [6.07, 6.45) is 22.2. The molecule has 152 valence electrons. The summed E-state index contributed by atoms with van der Waals surface area (Å²) in [6, 6.07) is 0. The van der Waals surface area contributed by atoms with E-state index < -0.39 is 6.62 Å². The van der Waals surface area contributed by atoms with Gasteiger partial charge in [-0.1, -0.05) is 78.6 Å². The van der Waals surface area contributed by atoms with E-state index in [4.69, 9.17) is 16.3 Å². The number of rotatable bonds is 19. The Morgan fingerprint density at radius 1 is 0.640 bits per heavy atom. The molecule has 0 heterocycles. The molecule has 0 fully saturated rings. The summed E-state index contributed by atoms with van der Waals surface area (Å²) in [5.74, 6) is 0. The molecule has 0 aliphatic rings. The molecule has 1 unspecified atom stereocenters. The summed E-state index contributed by atoms with van der Waals surface area (Å²) in [5.41, 5.74) is 0.821. The Morgan fingerprint density at radius 2 is 1.12 bits per heavy atom. The summed E-state index contributed by atoms with van der Waals surface area (Å²) in [7, 11) is 0. The van der Waals surface area contributed by atoms with E-state index in [1.165, 1.54) is 102 Å². The molecule has 25 heavy (non-hydrogen) atoms. The molecular formula is C22H47ClOP+. The SMILES string of the molecule is CCCC[P+](Cl)(CCCC)C(CCC)CCCCCCCCCCO. The molecule has 0 aromatic heterocycles. The molecule has 3 heteroatoms. The Hall–Kier alpha value is 0.680. The third-order valence-corrected chi connectivity index (χ3v) is 11.3. The van der Waals surface area contributed by atoms with Crippen LogP contribution in [0.15, 0.2) is 0 Å². The summed E-state index contributed by atoms with van der Waals surface area (Å²) in [4.78, 5) is 0. The van der Waals surface area contributed by atoms with E-state index in [9.17, 15) is 0 Å². The van der Waals surface area contributed by atoms with Crippen molar-refractivity contribution >= 4 is 17.9 Å². The molecule has 0 saturated carbocycles. The number of halogens is 1. The quantitative estimate of drug-likeness (QED) is 0.172. The van der Waals surface area contributed by atoms with Gasteiger partial charge in [0.15, 0.2) is 0 Å². The first kappa shape index (κ1) is 25.7. The molecule has 0 aromatic carbocycles. The van der Waals surface area contributed by atoms with Crippen LogP contribution in [0.4, 0.5) is 0 Å². The highest BCUT2D eigenvalue weighted by molar-refractivity contribution is 7.99. The predicted octanol–water partition coefficient (Wildman–Crippen LogP) is 8.43. The predicted molar refractivity (Wildman–Crippen MR) is 120 cm³/mol. The summed E-state index contributed by atoms with van der Waals surface area (Å²) < 4.78 is 0. The fourth-order valence-electron chi connectivity index (χ4n) is 3.81. The molecule has 0 radical (unpaired) electrons. The van der Waals surface area contributed by atoms with Gasteiger partial charge in [-0.15, -0.1) is 0 Å². The first-order chi connectivity index (χ1) is 12.1. The summed E-state index contributed by atoms with van der Waals surface area (Å²) >= 11 is 7.34. The largest absolute Gasteiger partial charge is 0.396 e. The topological polar surface area (TPSA) is 20.2 Å². The molecule has 0 aromatic rings. The number of hydrogen-bond donors (Lipinski definition) is 1. The monoisotopic (exact) mass is 393 g/mol. The van der Waals surface area contributed by atoms with Gasteiger partial charge in [-0.05, 0) is 38.5 Å². The Balaban J connectivity index is 4.17. The van der Waals surface area contributed by atoms with E-state index in [1.807, 2.05) is 0 Å². The molecule has 1 nitrogen and oxygen atoms in total. The van der Waals surface area contributed by atoms with Gasteiger partial charge in [0.05, 0.1) is 29.2 Å². The average Bonchev–Trinajstić information content (AvgIpc) is 2.62. The second-order valence-corrected chi connectivity index (χ2v) is 13.4. The minimum atomic E-state index is -1.25. The van der Waals surface area contributed by atoms with E-state index in [0.717, 1.165) is 12.1 Å². The van der Waals surface area contributed by atoms with Crippen molar-refractivity contribution in [2.75, 3.05) is 18.9 Å². The zero-order valence-corrected chi connectivity index (χ0v) is 19.2. The number of unbranched alkanes of at least 4 members (excludes halogenated alkanes) is 9. The van der Waals surface area contributed by atoms with E-state index in [2.05, 4.69) is 20.8 Å². The van der Waals surface area contributed by atoms with Crippen molar-refractivity contribution in [3.63, 3.8) is 0 Å². The third kappa shape index (κ3) is 13.5. The van der Waals surface area contributed by atoms with Crippen molar-refractivity contribution in [2.45, 2.75) is 123 Å². The number of aliphatic hydroxyl groups excluding tert-OH is 1. The van der Waals surface area contributed by atoms with Crippen LogP contribution in [0.1, 0.15) is 117 Å². The molecule has 0 rings (SSSR count). The highest BCUT2D eigenvalue weighted by Crippen LogP contribution is 2.70. The molecule has 0 aliphatic carbocycles. The Bertz CT molecular complexity index is 265. The Morgan fingerprint density at radius 3 is 1.56 bits per heavy atom. The highest BCUT2D eigenvalue weighted by Gasteiger charge is 2.42. The molecule has 1 N–H and O–H groups in total. The standard InChI is InChI=1S/C22H47ClOP/c1-4-7-20-25(23,21-8-5-2)22(17-6-3)18-15-13-11-9-10-12-14-16-19-24/h22,24H,4-21H2,1-3H3/q+1. The molecule has 0 amide bonds. The molecule has 1 atom stereocenters. The fraction of sp³-hybridized carbons (Fsp3) is 1.00. The zero-order valence-electron chi connectivity index (χ0n) is 17.6. The first-order valence-electron chi connectivity index (χ1n) is 11.3. The minimum absolute atomic E-state index is 0.359. The Kier molecular flexibility index (Phi) is 18.6. The maximum atomic E-state index is 8.80. The summed E-state index contributed by atoms with van der Waals surface area (Å²) in [6.45, 7) is 6.04. The lowest BCUT2D eigenvalue weighted by Gasteiger charge is -2.28. The van der Waals surface area contributed by atoms with Gasteiger partial charge in [0.2, 0.25) is 0 Å². The second kappa shape index (κ2) is 18.1. The molecular weight excluding hydrogens is 347 g/mol. The average molecular weight is 394 g/mol. The minimum Gasteiger partial charge on any atom is -0.396 e. The van der Waals surface area contributed by atoms with Gasteiger partial charge in [0.1, 0.15) is 6.62 Å². The fourth-order valence-corrected chi connectivity index (χ4v) is 9.12. The maximum Gasteiger partial charge on any atom is 0.116 e. The van der Waals surface area contributed by atoms with Crippen molar-refractivity contribution in [1.29, 1.82) is 0 Å². The third-order valence-electron chi connectivity index (χ3n) is 5.49. The molecule has 0 aliphatic heterocycles. The molecule has 0 saturated heterocycles. The number of hydrogen-bond acceptors (Lipinski definition) is 1. The van der Waals surface area contributed by atoms with E-state index in [-0.39, 0.29) is 0 Å². The smallest absolute Gasteiger partial charge is 0.116 e. The van der Waals surface area contributed by atoms with Crippen LogP contribution in [-0.4, -0.2) is 29.7 Å². The van der Waals surface area contributed by atoms with Gasteiger partial charge in [-0.2, -0.15) is 0 Å². The van der Waals surface area contributed by atoms with Gasteiger partial charge in [0.25, 0.3) is 0 Å². The van der Waals surface area contributed by atoms with Gasteiger partial charge in [-0.25, -0.2) is 0 Å². The van der Waals surface area contributed by atoms with Crippen LogP contribution in [0.5, 0.6) is 0 Å². The lowest BCUT2D eigenvalue weighted by atomic mass is 10.1. The van der Waals surface area contributed by atoms with Gasteiger partial charge in [-0.3, -0.25) is 0 Å². The normalized spacial score (nSPS) is 13.3. The van der Waals surface area contributed by atoms with Crippen LogP contribution in [-0.2, 0) is 0 Å². The van der Waals surface area contributed by atoms with Crippen molar-refractivity contribution in [3.05, 3.63) is 0 Å². The lowest BCUT2D eigenvalue weighted by molar-refractivity contribution is 0.282. The second-order valence-electron chi connectivity index (χ2n) is 7.86. The van der Waals surface area contributed by atoms with Crippen molar-refractivity contribution in [3.8, 4) is 0 Å². The maximum absolute atomic E-state index is 8.80. The first-order valence-corrected chi connectivity index (χ1v) is 14.4. The van der Waals surface area contributed by atoms with Crippen LogP contribution >= 0.6 is 17.9 Å². The Labute approximate surface area is 164 Å². The van der Waals surface area contributed by atoms with E-state index in [1.54, 1.807) is 0 Å². The van der Waals surface area contributed by atoms with Crippen molar-refractivity contribution < 1.29 is 5.11 Å². The lowest BCUT2D eigenvalue weighted by Crippen LogP contribution is -2.16. The van der Waals surface area contributed by atoms with Gasteiger partial charge < -0.3 is 5.11 Å². The van der Waals surface area contributed by atoms with Crippen LogP contribution in [0.3, 0.4) is 0 Å². The molecule has 0 spiro atoms. The van der Waals surface area contributed by atoms with Crippen LogP contribution < -0.4 is 0 Å². The van der Waals surface area contributed by atoms with Gasteiger partial charge >= 0.3 is 0 Å². The van der Waals surface area contributed by atoms with Crippen molar-refractivity contribution in [1.82, 2.24) is 0 Å². The number of aliphatic hydroxyl groups is 1. The van der Waals surface area contributed by atoms with Crippen LogP contribution in [0.2, 0.25) is 0 Å².